The van der Waals surface area contributed by atoms with Crippen LogP contribution < -0.4 is 0 Å². The van der Waals surface area contributed by atoms with Crippen molar-refractivity contribution in [1.29, 1.82) is 5.26 Å². The molecule has 3 nitrogen and oxygen atoms in total. The third kappa shape index (κ3) is 2.47. The predicted molar refractivity (Wildman–Crippen MR) is 76.1 cm³/mol. The van der Waals surface area contributed by atoms with E-state index in [1.54, 1.807) is 6.07 Å². The molecular formula is C15H11N3S. The largest absolute Gasteiger partial charge is 0.333 e. The van der Waals surface area contributed by atoms with Gasteiger partial charge in [0.05, 0.1) is 22.7 Å². The minimum Gasteiger partial charge on any atom is -0.333 e. The molecule has 92 valence electrons. The standard InChI is InChI=1S/C15H11N3S/c1-10-5-6-13-14(7-10)18-15(17-13)19-12-4-2-3-11(8-12)9-16/h2-8H,1H3,(H,17,18). The number of H-pyrrole nitrogens is 1. The second kappa shape index (κ2) is 4.79. The minimum absolute atomic E-state index is 0.664. The van der Waals surface area contributed by atoms with Crippen LogP contribution in [0.5, 0.6) is 0 Å². The van der Waals surface area contributed by atoms with Gasteiger partial charge in [0.25, 0.3) is 0 Å². The summed E-state index contributed by atoms with van der Waals surface area (Å²) in [5.41, 5.74) is 3.87. The Kier molecular flexibility index (Phi) is 2.98. The quantitative estimate of drug-likeness (QED) is 0.764. The van der Waals surface area contributed by atoms with E-state index in [1.165, 1.54) is 17.3 Å². The molecule has 0 saturated carbocycles. The van der Waals surface area contributed by atoms with Crippen LogP contribution in [-0.4, -0.2) is 9.97 Å². The molecule has 0 aliphatic carbocycles. The molecule has 0 aliphatic heterocycles. The van der Waals surface area contributed by atoms with Gasteiger partial charge in [0.15, 0.2) is 5.16 Å². The fourth-order valence-electron chi connectivity index (χ4n) is 1.89. The summed E-state index contributed by atoms with van der Waals surface area (Å²) in [6, 6.07) is 15.8. The van der Waals surface area contributed by atoms with Crippen LogP contribution in [0.25, 0.3) is 11.0 Å². The molecule has 1 aromatic heterocycles. The number of hydrogen-bond acceptors (Lipinski definition) is 3. The molecule has 0 bridgehead atoms. The van der Waals surface area contributed by atoms with E-state index in [0.717, 1.165) is 21.1 Å². The summed E-state index contributed by atoms with van der Waals surface area (Å²) in [6.07, 6.45) is 0. The summed E-state index contributed by atoms with van der Waals surface area (Å²) < 4.78 is 0. The van der Waals surface area contributed by atoms with E-state index in [9.17, 15) is 0 Å². The van der Waals surface area contributed by atoms with Crippen LogP contribution in [0.4, 0.5) is 0 Å². The van der Waals surface area contributed by atoms with Gasteiger partial charge in [-0.2, -0.15) is 5.26 Å². The summed E-state index contributed by atoms with van der Waals surface area (Å²) in [4.78, 5) is 8.83. The second-order valence-corrected chi connectivity index (χ2v) is 5.37. The van der Waals surface area contributed by atoms with Crippen LogP contribution in [0.1, 0.15) is 11.1 Å². The topological polar surface area (TPSA) is 52.5 Å². The Morgan fingerprint density at radius 2 is 2.11 bits per heavy atom. The van der Waals surface area contributed by atoms with Crippen molar-refractivity contribution in [2.24, 2.45) is 0 Å². The van der Waals surface area contributed by atoms with Crippen molar-refractivity contribution in [3.05, 3.63) is 53.6 Å². The number of nitriles is 1. The number of nitrogens with one attached hydrogen (secondary N) is 1. The van der Waals surface area contributed by atoms with E-state index < -0.39 is 0 Å². The molecule has 0 unspecified atom stereocenters. The molecular weight excluding hydrogens is 254 g/mol. The highest BCUT2D eigenvalue weighted by molar-refractivity contribution is 7.99. The first-order chi connectivity index (χ1) is 9.24. The lowest BCUT2D eigenvalue weighted by molar-refractivity contribution is 1.08. The lowest BCUT2D eigenvalue weighted by Crippen LogP contribution is -1.78. The Morgan fingerprint density at radius 1 is 1.21 bits per heavy atom. The highest BCUT2D eigenvalue weighted by Gasteiger charge is 2.05. The van der Waals surface area contributed by atoms with Crippen molar-refractivity contribution in [3.8, 4) is 6.07 Å². The van der Waals surface area contributed by atoms with Gasteiger partial charge in [0.1, 0.15) is 0 Å². The third-order valence-corrected chi connectivity index (χ3v) is 3.67. The lowest BCUT2D eigenvalue weighted by Gasteiger charge is -1.97. The lowest BCUT2D eigenvalue weighted by atomic mass is 10.2. The average molecular weight is 265 g/mol. The SMILES string of the molecule is Cc1ccc2nc(Sc3cccc(C#N)c3)[nH]c2c1. The molecule has 0 saturated heterocycles. The van der Waals surface area contributed by atoms with Crippen LogP contribution in [0.2, 0.25) is 0 Å². The zero-order valence-electron chi connectivity index (χ0n) is 10.3. The monoisotopic (exact) mass is 265 g/mol. The number of aromatic amines is 1. The molecule has 0 aliphatic rings. The van der Waals surface area contributed by atoms with E-state index in [1.807, 2.05) is 30.3 Å². The number of benzene rings is 2. The zero-order valence-corrected chi connectivity index (χ0v) is 11.2. The molecule has 19 heavy (non-hydrogen) atoms. The van der Waals surface area contributed by atoms with E-state index >= 15 is 0 Å². The minimum atomic E-state index is 0.664. The summed E-state index contributed by atoms with van der Waals surface area (Å²) in [5, 5.41) is 9.73. The van der Waals surface area contributed by atoms with Gasteiger partial charge in [0, 0.05) is 4.90 Å². The normalized spacial score (nSPS) is 10.5. The Bertz CT molecular complexity index is 783. The molecule has 0 amide bonds. The van der Waals surface area contributed by atoms with Crippen LogP contribution in [-0.2, 0) is 0 Å². The molecule has 0 spiro atoms. The first-order valence-electron chi connectivity index (χ1n) is 5.89. The average Bonchev–Trinajstić information content (AvgIpc) is 2.80. The number of nitrogens with zero attached hydrogens (tertiary/aromatic N) is 2. The molecule has 4 heteroatoms. The number of aromatic nitrogens is 2. The Balaban J connectivity index is 1.94. The third-order valence-electron chi connectivity index (χ3n) is 2.79. The number of aryl methyl sites for hydroxylation is 1. The van der Waals surface area contributed by atoms with Gasteiger partial charge in [-0.3, -0.25) is 0 Å². The van der Waals surface area contributed by atoms with Gasteiger partial charge in [-0.25, -0.2) is 4.98 Å². The van der Waals surface area contributed by atoms with Crippen LogP contribution in [0.15, 0.2) is 52.5 Å². The fourth-order valence-corrected chi connectivity index (χ4v) is 2.75. The molecule has 0 fully saturated rings. The zero-order chi connectivity index (χ0) is 13.2. The summed E-state index contributed by atoms with van der Waals surface area (Å²) in [6.45, 7) is 2.06. The molecule has 1 N–H and O–H groups in total. The van der Waals surface area contributed by atoms with Gasteiger partial charge >= 0.3 is 0 Å². The van der Waals surface area contributed by atoms with Gasteiger partial charge in [-0.1, -0.05) is 23.9 Å². The highest BCUT2D eigenvalue weighted by atomic mass is 32.2. The van der Waals surface area contributed by atoms with E-state index in [0.29, 0.717) is 5.56 Å². The van der Waals surface area contributed by atoms with Crippen molar-refractivity contribution in [3.63, 3.8) is 0 Å². The Labute approximate surface area is 115 Å². The maximum atomic E-state index is 8.89. The van der Waals surface area contributed by atoms with Gasteiger partial charge in [-0.15, -0.1) is 0 Å². The molecule has 0 atom stereocenters. The van der Waals surface area contributed by atoms with Gasteiger partial charge < -0.3 is 4.98 Å². The molecule has 3 rings (SSSR count). The number of hydrogen-bond donors (Lipinski definition) is 1. The first-order valence-corrected chi connectivity index (χ1v) is 6.70. The maximum Gasteiger partial charge on any atom is 0.171 e. The summed E-state index contributed by atoms with van der Waals surface area (Å²) in [7, 11) is 0. The molecule has 3 aromatic rings. The highest BCUT2D eigenvalue weighted by Crippen LogP contribution is 2.27. The van der Waals surface area contributed by atoms with E-state index in [4.69, 9.17) is 5.26 Å². The second-order valence-electron chi connectivity index (χ2n) is 4.30. The van der Waals surface area contributed by atoms with Crippen LogP contribution in [0, 0.1) is 18.3 Å². The van der Waals surface area contributed by atoms with Crippen molar-refractivity contribution < 1.29 is 0 Å². The van der Waals surface area contributed by atoms with Gasteiger partial charge in [-0.05, 0) is 42.8 Å². The summed E-state index contributed by atoms with van der Waals surface area (Å²) >= 11 is 1.53. The Morgan fingerprint density at radius 3 is 2.95 bits per heavy atom. The van der Waals surface area contributed by atoms with E-state index in [-0.39, 0.29) is 0 Å². The van der Waals surface area contributed by atoms with Crippen molar-refractivity contribution in [1.82, 2.24) is 9.97 Å². The van der Waals surface area contributed by atoms with Crippen LogP contribution >= 0.6 is 11.8 Å². The van der Waals surface area contributed by atoms with Crippen LogP contribution in [0.3, 0.4) is 0 Å². The Hall–Kier alpha value is -2.25. The number of rotatable bonds is 2. The van der Waals surface area contributed by atoms with E-state index in [2.05, 4.69) is 29.0 Å². The van der Waals surface area contributed by atoms with Crippen molar-refractivity contribution >= 4 is 22.8 Å². The van der Waals surface area contributed by atoms with Gasteiger partial charge in [0.2, 0.25) is 0 Å². The predicted octanol–water partition coefficient (Wildman–Crippen LogP) is 3.89. The smallest absolute Gasteiger partial charge is 0.171 e. The molecule has 2 aromatic carbocycles. The molecule has 0 radical (unpaired) electrons. The number of fused-ring (bicyclic) bond motifs is 1. The number of imidazole rings is 1. The summed E-state index contributed by atoms with van der Waals surface area (Å²) in [5.74, 6) is 0. The molecule has 1 heterocycles. The van der Waals surface area contributed by atoms with Crippen molar-refractivity contribution in [2.45, 2.75) is 17.0 Å². The maximum absolute atomic E-state index is 8.89. The van der Waals surface area contributed by atoms with Crippen molar-refractivity contribution in [2.75, 3.05) is 0 Å². The fraction of sp³-hybridized carbons (Fsp3) is 0.0667. The first kappa shape index (κ1) is 11.8.